The zero-order valence-electron chi connectivity index (χ0n) is 13.0. The van der Waals surface area contributed by atoms with Gasteiger partial charge in [-0.3, -0.25) is 4.90 Å². The SMILES string of the molecule is CCN(C)c1ccc(CN2CCNC(C)C2C)cn1.Cl. The van der Waals surface area contributed by atoms with Crippen LogP contribution in [0.25, 0.3) is 0 Å². The topological polar surface area (TPSA) is 31.4 Å². The molecular weight excluding hydrogens is 272 g/mol. The van der Waals surface area contributed by atoms with E-state index in [2.05, 4.69) is 60.1 Å². The number of hydrogen-bond donors (Lipinski definition) is 1. The highest BCUT2D eigenvalue weighted by Crippen LogP contribution is 2.15. The molecule has 0 saturated carbocycles. The summed E-state index contributed by atoms with van der Waals surface area (Å²) in [5, 5.41) is 3.52. The van der Waals surface area contributed by atoms with Crippen molar-refractivity contribution in [3.05, 3.63) is 23.9 Å². The van der Waals surface area contributed by atoms with Crippen molar-refractivity contribution < 1.29 is 0 Å². The van der Waals surface area contributed by atoms with Gasteiger partial charge in [0, 0.05) is 51.5 Å². The Balaban J connectivity index is 0.00000200. The third kappa shape index (κ3) is 4.08. The van der Waals surface area contributed by atoms with Crippen LogP contribution < -0.4 is 10.2 Å². The van der Waals surface area contributed by atoms with Crippen LogP contribution >= 0.6 is 12.4 Å². The Labute approximate surface area is 129 Å². The predicted octanol–water partition coefficient (Wildman–Crippen LogP) is 2.14. The molecule has 0 radical (unpaired) electrons. The third-order valence-corrected chi connectivity index (χ3v) is 4.23. The molecule has 0 aromatic carbocycles. The Morgan fingerprint density at radius 1 is 1.40 bits per heavy atom. The van der Waals surface area contributed by atoms with E-state index in [-0.39, 0.29) is 12.4 Å². The molecule has 1 fully saturated rings. The van der Waals surface area contributed by atoms with Gasteiger partial charge in [0.15, 0.2) is 0 Å². The summed E-state index contributed by atoms with van der Waals surface area (Å²) in [6.07, 6.45) is 2.01. The van der Waals surface area contributed by atoms with Gasteiger partial charge in [-0.15, -0.1) is 12.4 Å². The van der Waals surface area contributed by atoms with Crippen LogP contribution in [0.15, 0.2) is 18.3 Å². The molecule has 1 aromatic rings. The van der Waals surface area contributed by atoms with Crippen LogP contribution in [0.1, 0.15) is 26.3 Å². The number of rotatable bonds is 4. The lowest BCUT2D eigenvalue weighted by Gasteiger charge is -2.38. The third-order valence-electron chi connectivity index (χ3n) is 4.23. The summed E-state index contributed by atoms with van der Waals surface area (Å²) < 4.78 is 0. The molecule has 2 rings (SSSR count). The number of nitrogens with zero attached hydrogens (tertiary/aromatic N) is 3. The number of piperazine rings is 1. The lowest BCUT2D eigenvalue weighted by molar-refractivity contribution is 0.130. The van der Waals surface area contributed by atoms with Crippen molar-refractivity contribution in [1.29, 1.82) is 0 Å². The van der Waals surface area contributed by atoms with Crippen molar-refractivity contribution in [2.75, 3.05) is 31.6 Å². The summed E-state index contributed by atoms with van der Waals surface area (Å²) >= 11 is 0. The van der Waals surface area contributed by atoms with Crippen molar-refractivity contribution >= 4 is 18.2 Å². The van der Waals surface area contributed by atoms with Crippen LogP contribution in [0.3, 0.4) is 0 Å². The second-order valence-corrected chi connectivity index (χ2v) is 5.49. The lowest BCUT2D eigenvalue weighted by atomic mass is 10.1. The van der Waals surface area contributed by atoms with Gasteiger partial charge >= 0.3 is 0 Å². The van der Waals surface area contributed by atoms with E-state index < -0.39 is 0 Å². The van der Waals surface area contributed by atoms with Crippen molar-refractivity contribution in [3.63, 3.8) is 0 Å². The van der Waals surface area contributed by atoms with Gasteiger partial charge in [0.25, 0.3) is 0 Å². The molecule has 2 unspecified atom stereocenters. The van der Waals surface area contributed by atoms with Gasteiger partial charge in [0.05, 0.1) is 0 Å². The zero-order valence-corrected chi connectivity index (χ0v) is 13.8. The molecular formula is C15H27ClN4. The maximum atomic E-state index is 4.54. The van der Waals surface area contributed by atoms with Crippen molar-refractivity contribution in [2.24, 2.45) is 0 Å². The van der Waals surface area contributed by atoms with Crippen LogP contribution in [-0.2, 0) is 6.54 Å². The number of hydrogen-bond acceptors (Lipinski definition) is 4. The van der Waals surface area contributed by atoms with Crippen molar-refractivity contribution in [3.8, 4) is 0 Å². The molecule has 5 heteroatoms. The van der Waals surface area contributed by atoms with E-state index in [0.29, 0.717) is 12.1 Å². The molecule has 2 atom stereocenters. The monoisotopic (exact) mass is 298 g/mol. The summed E-state index contributed by atoms with van der Waals surface area (Å²) in [7, 11) is 2.07. The fraction of sp³-hybridized carbons (Fsp3) is 0.667. The van der Waals surface area contributed by atoms with E-state index >= 15 is 0 Å². The van der Waals surface area contributed by atoms with Gasteiger partial charge < -0.3 is 10.2 Å². The number of nitrogens with one attached hydrogen (secondary N) is 1. The van der Waals surface area contributed by atoms with Crippen LogP contribution in [0.4, 0.5) is 5.82 Å². The largest absolute Gasteiger partial charge is 0.360 e. The first-order valence-corrected chi connectivity index (χ1v) is 7.25. The molecule has 0 aliphatic carbocycles. The Morgan fingerprint density at radius 2 is 2.15 bits per heavy atom. The van der Waals surface area contributed by atoms with Gasteiger partial charge in [-0.25, -0.2) is 4.98 Å². The minimum Gasteiger partial charge on any atom is -0.360 e. The molecule has 114 valence electrons. The standard InChI is InChI=1S/C15H26N4.ClH/c1-5-18(4)15-7-6-14(10-17-15)11-19-9-8-16-12(2)13(19)3;/h6-7,10,12-13,16H,5,8-9,11H2,1-4H3;1H. The van der Waals surface area contributed by atoms with Crippen molar-refractivity contribution in [2.45, 2.75) is 39.4 Å². The van der Waals surface area contributed by atoms with Crippen LogP contribution in [-0.4, -0.2) is 48.6 Å². The molecule has 2 heterocycles. The molecule has 0 amide bonds. The molecule has 4 nitrogen and oxygen atoms in total. The minimum absolute atomic E-state index is 0. The van der Waals surface area contributed by atoms with E-state index in [1.807, 2.05) is 6.20 Å². The van der Waals surface area contributed by atoms with Gasteiger partial charge in [0.1, 0.15) is 5.82 Å². The summed E-state index contributed by atoms with van der Waals surface area (Å²) in [5.41, 5.74) is 1.30. The smallest absolute Gasteiger partial charge is 0.128 e. The molecule has 1 aliphatic heterocycles. The first-order valence-electron chi connectivity index (χ1n) is 7.25. The fourth-order valence-corrected chi connectivity index (χ4v) is 2.48. The van der Waals surface area contributed by atoms with E-state index in [1.54, 1.807) is 0 Å². The quantitative estimate of drug-likeness (QED) is 0.923. The van der Waals surface area contributed by atoms with Crippen LogP contribution in [0, 0.1) is 0 Å². The molecule has 1 aliphatic rings. The molecule has 20 heavy (non-hydrogen) atoms. The van der Waals surface area contributed by atoms with Gasteiger partial charge in [-0.05, 0) is 32.4 Å². The van der Waals surface area contributed by atoms with Crippen LogP contribution in [0.5, 0.6) is 0 Å². The van der Waals surface area contributed by atoms with Crippen molar-refractivity contribution in [1.82, 2.24) is 15.2 Å². The highest BCUT2D eigenvalue weighted by molar-refractivity contribution is 5.85. The molecule has 1 saturated heterocycles. The Bertz CT molecular complexity index is 395. The maximum absolute atomic E-state index is 4.54. The lowest BCUT2D eigenvalue weighted by Crippen LogP contribution is -2.54. The van der Waals surface area contributed by atoms with Gasteiger partial charge in [-0.1, -0.05) is 6.07 Å². The Hall–Kier alpha value is -0.840. The average molecular weight is 299 g/mol. The first kappa shape index (κ1) is 17.2. The van der Waals surface area contributed by atoms with E-state index in [0.717, 1.165) is 32.0 Å². The highest BCUT2D eigenvalue weighted by Gasteiger charge is 2.23. The van der Waals surface area contributed by atoms with Gasteiger partial charge in [-0.2, -0.15) is 0 Å². The second kappa shape index (κ2) is 7.81. The molecule has 0 bridgehead atoms. The van der Waals surface area contributed by atoms with Gasteiger partial charge in [0.2, 0.25) is 0 Å². The Morgan fingerprint density at radius 3 is 2.75 bits per heavy atom. The Kier molecular flexibility index (Phi) is 6.72. The van der Waals surface area contributed by atoms with E-state index in [4.69, 9.17) is 0 Å². The number of aromatic nitrogens is 1. The summed E-state index contributed by atoms with van der Waals surface area (Å²) in [6, 6.07) is 5.46. The summed E-state index contributed by atoms with van der Waals surface area (Å²) in [6.45, 7) is 10.9. The number of halogens is 1. The molecule has 1 N–H and O–H groups in total. The fourth-order valence-electron chi connectivity index (χ4n) is 2.48. The molecule has 0 spiro atoms. The molecule has 1 aromatic heterocycles. The normalized spacial score (nSPS) is 23.2. The second-order valence-electron chi connectivity index (χ2n) is 5.49. The minimum atomic E-state index is 0. The van der Waals surface area contributed by atoms with E-state index in [9.17, 15) is 0 Å². The highest BCUT2D eigenvalue weighted by atomic mass is 35.5. The summed E-state index contributed by atoms with van der Waals surface area (Å²) in [4.78, 5) is 9.22. The predicted molar refractivity (Wildman–Crippen MR) is 87.8 cm³/mol. The average Bonchev–Trinajstić information content (AvgIpc) is 2.44. The zero-order chi connectivity index (χ0) is 13.8. The maximum Gasteiger partial charge on any atom is 0.128 e. The number of anilines is 1. The first-order chi connectivity index (χ1) is 9.11. The van der Waals surface area contributed by atoms with Crippen LogP contribution in [0.2, 0.25) is 0 Å². The summed E-state index contributed by atoms with van der Waals surface area (Å²) in [5.74, 6) is 1.05. The number of pyridine rings is 1. The van der Waals surface area contributed by atoms with E-state index in [1.165, 1.54) is 5.56 Å².